The van der Waals surface area contributed by atoms with Crippen LogP contribution in [0.1, 0.15) is 33.6 Å². The van der Waals surface area contributed by atoms with E-state index >= 15 is 0 Å². The Hall–Kier alpha value is -0.570. The van der Waals surface area contributed by atoms with E-state index in [9.17, 15) is 4.79 Å². The highest BCUT2D eigenvalue weighted by Crippen LogP contribution is 2.21. The van der Waals surface area contributed by atoms with Crippen LogP contribution in [-0.4, -0.2) is 24.2 Å². The normalized spacial score (nSPS) is 14.3. The van der Waals surface area contributed by atoms with Gasteiger partial charge in [0.2, 0.25) is 0 Å². The summed E-state index contributed by atoms with van der Waals surface area (Å²) in [4.78, 5) is 10.4. The predicted octanol–water partition coefficient (Wildman–Crippen LogP) is 1.49. The van der Waals surface area contributed by atoms with Crippen LogP contribution in [0.25, 0.3) is 0 Å². The zero-order chi connectivity index (χ0) is 9.78. The summed E-state index contributed by atoms with van der Waals surface area (Å²) in [6.45, 7) is 6.33. The van der Waals surface area contributed by atoms with Crippen LogP contribution in [0.2, 0.25) is 0 Å². The number of carboxylic acid groups (broad SMARTS) is 1. The van der Waals surface area contributed by atoms with Crippen molar-refractivity contribution in [3.8, 4) is 0 Å². The summed E-state index contributed by atoms with van der Waals surface area (Å²) in [5.41, 5.74) is 0.184. The molecule has 0 aromatic rings. The average molecular weight is 173 g/mol. The van der Waals surface area contributed by atoms with E-state index in [2.05, 4.69) is 26.1 Å². The molecule has 1 unspecified atom stereocenters. The van der Waals surface area contributed by atoms with Crippen molar-refractivity contribution < 1.29 is 9.90 Å². The van der Waals surface area contributed by atoms with Gasteiger partial charge in [-0.25, -0.2) is 0 Å². The molecule has 3 nitrogen and oxygen atoms in total. The van der Waals surface area contributed by atoms with Crippen LogP contribution in [0, 0.1) is 5.41 Å². The molecule has 2 N–H and O–H groups in total. The Morgan fingerprint density at radius 2 is 2.00 bits per heavy atom. The second kappa shape index (κ2) is 4.45. The standard InChI is InChI=1S/C9H19NO2/c1-9(2,3)6-7(10-4)5-8(11)12/h7,10H,5-6H2,1-4H3,(H,11,12). The van der Waals surface area contributed by atoms with Gasteiger partial charge in [0.15, 0.2) is 0 Å². The third kappa shape index (κ3) is 6.16. The number of nitrogens with one attached hydrogen (secondary N) is 1. The maximum Gasteiger partial charge on any atom is 0.304 e. The zero-order valence-corrected chi connectivity index (χ0v) is 8.35. The molecular weight excluding hydrogens is 154 g/mol. The highest BCUT2D eigenvalue weighted by molar-refractivity contribution is 5.67. The summed E-state index contributed by atoms with van der Waals surface area (Å²) in [5, 5.41) is 11.6. The smallest absolute Gasteiger partial charge is 0.304 e. The fourth-order valence-electron chi connectivity index (χ4n) is 1.23. The van der Waals surface area contributed by atoms with Gasteiger partial charge in [0, 0.05) is 6.04 Å². The lowest BCUT2D eigenvalue weighted by molar-refractivity contribution is -0.137. The number of hydrogen-bond acceptors (Lipinski definition) is 2. The van der Waals surface area contributed by atoms with Crippen molar-refractivity contribution in [1.82, 2.24) is 5.32 Å². The second-order valence-electron chi connectivity index (χ2n) is 4.35. The maximum absolute atomic E-state index is 10.4. The van der Waals surface area contributed by atoms with Crippen molar-refractivity contribution in [2.24, 2.45) is 5.41 Å². The van der Waals surface area contributed by atoms with Gasteiger partial charge in [0.25, 0.3) is 0 Å². The molecule has 0 spiro atoms. The molecule has 0 aliphatic carbocycles. The topological polar surface area (TPSA) is 49.3 Å². The monoisotopic (exact) mass is 173 g/mol. The molecule has 72 valence electrons. The lowest BCUT2D eigenvalue weighted by Crippen LogP contribution is -2.32. The first-order chi connectivity index (χ1) is 5.35. The van der Waals surface area contributed by atoms with Gasteiger partial charge in [0.05, 0.1) is 6.42 Å². The predicted molar refractivity (Wildman–Crippen MR) is 49.2 cm³/mol. The Morgan fingerprint density at radius 3 is 2.25 bits per heavy atom. The van der Waals surface area contributed by atoms with Crippen LogP contribution in [0.3, 0.4) is 0 Å². The Kier molecular flexibility index (Phi) is 4.24. The third-order valence-corrected chi connectivity index (χ3v) is 1.69. The van der Waals surface area contributed by atoms with E-state index in [1.54, 1.807) is 7.05 Å². The van der Waals surface area contributed by atoms with E-state index in [4.69, 9.17) is 5.11 Å². The number of aliphatic carboxylic acids is 1. The summed E-state index contributed by atoms with van der Waals surface area (Å²) < 4.78 is 0. The summed E-state index contributed by atoms with van der Waals surface area (Å²) in [6.07, 6.45) is 1.09. The molecule has 12 heavy (non-hydrogen) atoms. The molecular formula is C9H19NO2. The van der Waals surface area contributed by atoms with Gasteiger partial charge >= 0.3 is 5.97 Å². The van der Waals surface area contributed by atoms with Crippen LogP contribution in [-0.2, 0) is 4.79 Å². The molecule has 0 aromatic carbocycles. The Morgan fingerprint density at radius 1 is 1.50 bits per heavy atom. The molecule has 1 atom stereocenters. The quantitative estimate of drug-likeness (QED) is 0.677. The van der Waals surface area contributed by atoms with Gasteiger partial charge in [0.1, 0.15) is 0 Å². The van der Waals surface area contributed by atoms with Crippen molar-refractivity contribution in [1.29, 1.82) is 0 Å². The second-order valence-corrected chi connectivity index (χ2v) is 4.35. The number of hydrogen-bond donors (Lipinski definition) is 2. The molecule has 0 radical (unpaired) electrons. The van der Waals surface area contributed by atoms with Crippen LogP contribution in [0.15, 0.2) is 0 Å². The van der Waals surface area contributed by atoms with Gasteiger partial charge in [-0.2, -0.15) is 0 Å². The van der Waals surface area contributed by atoms with Crippen LogP contribution >= 0.6 is 0 Å². The third-order valence-electron chi connectivity index (χ3n) is 1.69. The molecule has 3 heteroatoms. The number of carbonyl (C=O) groups is 1. The Balaban J connectivity index is 3.92. The molecule has 0 bridgehead atoms. The summed E-state index contributed by atoms with van der Waals surface area (Å²) >= 11 is 0. The Labute approximate surface area is 74.2 Å². The first-order valence-electron chi connectivity index (χ1n) is 4.24. The maximum atomic E-state index is 10.4. The van der Waals surface area contributed by atoms with E-state index in [0.29, 0.717) is 0 Å². The van der Waals surface area contributed by atoms with Crippen LogP contribution in [0.5, 0.6) is 0 Å². The summed E-state index contributed by atoms with van der Waals surface area (Å²) in [6, 6.07) is 0.0856. The minimum atomic E-state index is -0.737. The van der Waals surface area contributed by atoms with Gasteiger partial charge in [-0.15, -0.1) is 0 Å². The van der Waals surface area contributed by atoms with Gasteiger partial charge in [-0.3, -0.25) is 4.79 Å². The molecule has 0 heterocycles. The van der Waals surface area contributed by atoms with E-state index < -0.39 is 5.97 Å². The molecule has 0 rings (SSSR count). The van der Waals surface area contributed by atoms with Gasteiger partial charge in [-0.1, -0.05) is 20.8 Å². The van der Waals surface area contributed by atoms with Crippen molar-refractivity contribution in [2.75, 3.05) is 7.05 Å². The first kappa shape index (κ1) is 11.4. The van der Waals surface area contributed by atoms with E-state index in [1.807, 2.05) is 0 Å². The molecule has 0 saturated carbocycles. The molecule has 0 aliphatic heterocycles. The van der Waals surface area contributed by atoms with E-state index in [-0.39, 0.29) is 17.9 Å². The minimum Gasteiger partial charge on any atom is -0.481 e. The van der Waals surface area contributed by atoms with Crippen LogP contribution in [0.4, 0.5) is 0 Å². The molecule has 0 amide bonds. The molecule has 0 fully saturated rings. The lowest BCUT2D eigenvalue weighted by atomic mass is 9.87. The summed E-state index contributed by atoms with van der Waals surface area (Å²) in [7, 11) is 1.80. The molecule has 0 aromatic heterocycles. The van der Waals surface area contributed by atoms with Gasteiger partial charge < -0.3 is 10.4 Å². The molecule has 0 aliphatic rings. The van der Waals surface area contributed by atoms with E-state index in [0.717, 1.165) is 6.42 Å². The zero-order valence-electron chi connectivity index (χ0n) is 8.35. The number of rotatable bonds is 4. The lowest BCUT2D eigenvalue weighted by Gasteiger charge is -2.24. The van der Waals surface area contributed by atoms with Gasteiger partial charge in [-0.05, 0) is 18.9 Å². The Bertz CT molecular complexity index is 149. The highest BCUT2D eigenvalue weighted by Gasteiger charge is 2.19. The summed E-state index contributed by atoms with van der Waals surface area (Å²) in [5.74, 6) is -0.737. The van der Waals surface area contributed by atoms with E-state index in [1.165, 1.54) is 0 Å². The average Bonchev–Trinajstić information content (AvgIpc) is 1.82. The first-order valence-corrected chi connectivity index (χ1v) is 4.24. The SMILES string of the molecule is CNC(CC(=O)O)CC(C)(C)C. The van der Waals surface area contributed by atoms with Crippen LogP contribution < -0.4 is 5.32 Å². The minimum absolute atomic E-state index is 0.0856. The number of carboxylic acids is 1. The fraction of sp³-hybridized carbons (Fsp3) is 0.889. The molecule has 0 saturated heterocycles. The largest absolute Gasteiger partial charge is 0.481 e. The fourth-order valence-corrected chi connectivity index (χ4v) is 1.23. The highest BCUT2D eigenvalue weighted by atomic mass is 16.4. The van der Waals surface area contributed by atoms with Crippen molar-refractivity contribution in [3.05, 3.63) is 0 Å². The van der Waals surface area contributed by atoms with Crippen molar-refractivity contribution in [3.63, 3.8) is 0 Å². The van der Waals surface area contributed by atoms with Crippen molar-refractivity contribution in [2.45, 2.75) is 39.7 Å². The van der Waals surface area contributed by atoms with Crippen molar-refractivity contribution >= 4 is 5.97 Å².